The van der Waals surface area contributed by atoms with E-state index in [0.29, 0.717) is 18.5 Å². The Balaban J connectivity index is 1.47. The molecule has 3 aliphatic rings. The summed E-state index contributed by atoms with van der Waals surface area (Å²) in [5.74, 6) is 0.440. The molecule has 2 bridgehead atoms. The molecule has 2 atom stereocenters. The average Bonchev–Trinajstić information content (AvgIpc) is 2.95. The second-order valence-electron chi connectivity index (χ2n) is 7.26. The van der Waals surface area contributed by atoms with Gasteiger partial charge in [0.25, 0.3) is 0 Å². The quantitative estimate of drug-likeness (QED) is 0.759. The highest BCUT2D eigenvalue weighted by atomic mass is 32.2. The summed E-state index contributed by atoms with van der Waals surface area (Å²) in [6, 6.07) is 15.0. The summed E-state index contributed by atoms with van der Waals surface area (Å²) in [6.45, 7) is 3.39. The molecule has 3 saturated heterocycles. The minimum absolute atomic E-state index is 0.128. The van der Waals surface area contributed by atoms with Gasteiger partial charge in [0.1, 0.15) is 0 Å². The van der Waals surface area contributed by atoms with E-state index in [0.717, 1.165) is 38.2 Å². The summed E-state index contributed by atoms with van der Waals surface area (Å²) in [4.78, 5) is 23.2. The number of piperidine rings is 1. The second kappa shape index (κ2) is 7.80. The number of carbonyl (C=O) groups is 1. The maximum atomic E-state index is 13.0. The third-order valence-electron chi connectivity index (χ3n) is 5.49. The van der Waals surface area contributed by atoms with Gasteiger partial charge >= 0.3 is 0 Å². The zero-order valence-corrected chi connectivity index (χ0v) is 16.0. The molecule has 3 fully saturated rings. The van der Waals surface area contributed by atoms with Crippen LogP contribution in [-0.4, -0.2) is 46.1 Å². The third kappa shape index (κ3) is 3.79. The highest BCUT2D eigenvalue weighted by Gasteiger charge is 2.40. The van der Waals surface area contributed by atoms with Gasteiger partial charge in [-0.25, -0.2) is 0 Å². The van der Waals surface area contributed by atoms with Crippen molar-refractivity contribution in [2.75, 3.05) is 19.3 Å². The van der Waals surface area contributed by atoms with E-state index in [1.165, 1.54) is 10.5 Å². The number of hydrogen-bond donors (Lipinski definition) is 0. The highest BCUT2D eigenvalue weighted by Crippen LogP contribution is 2.31. The number of thioether (sulfide) groups is 1. The van der Waals surface area contributed by atoms with Gasteiger partial charge in [0.05, 0.1) is 18.2 Å². The van der Waals surface area contributed by atoms with Gasteiger partial charge in [0, 0.05) is 36.8 Å². The number of amides is 1. The van der Waals surface area contributed by atoms with Crippen LogP contribution >= 0.6 is 11.8 Å². The van der Waals surface area contributed by atoms with Crippen LogP contribution in [0, 0.1) is 5.92 Å². The molecule has 1 aromatic heterocycles. The van der Waals surface area contributed by atoms with Gasteiger partial charge in [-0.2, -0.15) is 0 Å². The normalized spacial score (nSPS) is 23.3. The number of aromatic nitrogens is 1. The van der Waals surface area contributed by atoms with Crippen LogP contribution in [0.1, 0.15) is 24.1 Å². The lowest BCUT2D eigenvalue weighted by atomic mass is 9.94. The van der Waals surface area contributed by atoms with Gasteiger partial charge in [0.15, 0.2) is 0 Å². The standard InChI is InChI=1S/C21H25N3OS/c1-26-20-9-5-16(6-10-20)12-23-13-17-7-8-19(15-23)24(21(17)25)14-18-4-2-3-11-22-18/h2-6,9-11,17,19H,7-8,12-15H2,1H3. The first-order valence-electron chi connectivity index (χ1n) is 9.28. The summed E-state index contributed by atoms with van der Waals surface area (Å²) in [5, 5.41) is 0. The predicted molar refractivity (Wildman–Crippen MR) is 105 cm³/mol. The predicted octanol–water partition coefficient (Wildman–Crippen LogP) is 3.43. The lowest BCUT2D eigenvalue weighted by Gasteiger charge is -2.35. The maximum Gasteiger partial charge on any atom is 0.227 e. The fourth-order valence-corrected chi connectivity index (χ4v) is 4.53. The molecule has 1 amide bonds. The summed E-state index contributed by atoms with van der Waals surface area (Å²) >= 11 is 1.77. The van der Waals surface area contributed by atoms with E-state index >= 15 is 0 Å². The summed E-state index contributed by atoms with van der Waals surface area (Å²) < 4.78 is 0. The number of hydrogen-bond acceptors (Lipinski definition) is 4. The molecule has 0 radical (unpaired) electrons. The molecule has 4 heterocycles. The molecule has 1 aromatic carbocycles. The molecule has 0 spiro atoms. The minimum Gasteiger partial charge on any atom is -0.332 e. The fraction of sp³-hybridized carbons (Fsp3) is 0.429. The van der Waals surface area contributed by atoms with Crippen molar-refractivity contribution in [2.45, 2.75) is 36.9 Å². The van der Waals surface area contributed by atoms with Crippen LogP contribution < -0.4 is 0 Å². The van der Waals surface area contributed by atoms with Crippen LogP contribution in [0.25, 0.3) is 0 Å². The first-order valence-corrected chi connectivity index (χ1v) is 10.5. The Morgan fingerprint density at radius 2 is 1.92 bits per heavy atom. The van der Waals surface area contributed by atoms with Crippen molar-refractivity contribution in [3.8, 4) is 0 Å². The second-order valence-corrected chi connectivity index (χ2v) is 8.14. The summed E-state index contributed by atoms with van der Waals surface area (Å²) in [5.41, 5.74) is 2.31. The Labute approximate surface area is 159 Å². The molecule has 5 heteroatoms. The van der Waals surface area contributed by atoms with Gasteiger partial charge in [-0.1, -0.05) is 18.2 Å². The van der Waals surface area contributed by atoms with Gasteiger partial charge in [-0.05, 0) is 48.9 Å². The van der Waals surface area contributed by atoms with Crippen LogP contribution in [0.3, 0.4) is 0 Å². The van der Waals surface area contributed by atoms with Gasteiger partial charge in [0.2, 0.25) is 5.91 Å². The first kappa shape index (κ1) is 17.6. The number of nitrogens with zero attached hydrogens (tertiary/aromatic N) is 3. The molecular formula is C21H25N3OS. The number of pyridine rings is 1. The lowest BCUT2D eigenvalue weighted by molar-refractivity contribution is -0.140. The molecular weight excluding hydrogens is 342 g/mol. The number of benzene rings is 1. The van der Waals surface area contributed by atoms with Crippen LogP contribution in [0.2, 0.25) is 0 Å². The molecule has 2 unspecified atom stereocenters. The van der Waals surface area contributed by atoms with Crippen molar-refractivity contribution in [2.24, 2.45) is 5.92 Å². The molecule has 0 N–H and O–H groups in total. The van der Waals surface area contributed by atoms with E-state index < -0.39 is 0 Å². The zero-order chi connectivity index (χ0) is 17.9. The molecule has 0 saturated carbocycles. The third-order valence-corrected chi connectivity index (χ3v) is 6.24. The van der Waals surface area contributed by atoms with Crippen molar-refractivity contribution in [1.29, 1.82) is 0 Å². The molecule has 2 aromatic rings. The molecule has 3 aliphatic heterocycles. The molecule has 4 nitrogen and oxygen atoms in total. The van der Waals surface area contributed by atoms with Gasteiger partial charge < -0.3 is 4.90 Å². The van der Waals surface area contributed by atoms with E-state index in [1.54, 1.807) is 18.0 Å². The highest BCUT2D eigenvalue weighted by molar-refractivity contribution is 7.98. The first-order chi connectivity index (χ1) is 12.7. The Hall–Kier alpha value is -1.85. The van der Waals surface area contributed by atoms with Crippen LogP contribution in [-0.2, 0) is 17.9 Å². The number of fused-ring (bicyclic) bond motifs is 4. The van der Waals surface area contributed by atoms with E-state index in [4.69, 9.17) is 0 Å². The molecule has 26 heavy (non-hydrogen) atoms. The molecule has 136 valence electrons. The topological polar surface area (TPSA) is 36.4 Å². The van der Waals surface area contributed by atoms with E-state index in [9.17, 15) is 4.79 Å². The fourth-order valence-electron chi connectivity index (χ4n) is 4.12. The zero-order valence-electron chi connectivity index (χ0n) is 15.2. The van der Waals surface area contributed by atoms with E-state index in [1.807, 2.05) is 18.2 Å². The van der Waals surface area contributed by atoms with Gasteiger partial charge in [-0.15, -0.1) is 11.8 Å². The number of carbonyl (C=O) groups excluding carboxylic acids is 1. The van der Waals surface area contributed by atoms with E-state index in [-0.39, 0.29) is 5.92 Å². The summed E-state index contributed by atoms with van der Waals surface area (Å²) in [6.07, 6.45) is 6.03. The van der Waals surface area contributed by atoms with Gasteiger partial charge in [-0.3, -0.25) is 14.7 Å². The average molecular weight is 368 g/mol. The van der Waals surface area contributed by atoms with Crippen LogP contribution in [0.15, 0.2) is 53.6 Å². The number of rotatable bonds is 5. The van der Waals surface area contributed by atoms with Crippen LogP contribution in [0.4, 0.5) is 0 Å². The largest absolute Gasteiger partial charge is 0.332 e. The van der Waals surface area contributed by atoms with Crippen molar-refractivity contribution in [3.05, 3.63) is 59.9 Å². The lowest BCUT2D eigenvalue weighted by Crippen LogP contribution is -2.47. The Morgan fingerprint density at radius 1 is 1.08 bits per heavy atom. The van der Waals surface area contributed by atoms with Crippen LogP contribution in [0.5, 0.6) is 0 Å². The van der Waals surface area contributed by atoms with E-state index in [2.05, 4.69) is 45.3 Å². The van der Waals surface area contributed by atoms with Crippen molar-refractivity contribution >= 4 is 17.7 Å². The Morgan fingerprint density at radius 3 is 2.65 bits per heavy atom. The smallest absolute Gasteiger partial charge is 0.227 e. The Kier molecular flexibility index (Phi) is 5.27. The van der Waals surface area contributed by atoms with Crippen molar-refractivity contribution in [3.63, 3.8) is 0 Å². The minimum atomic E-state index is 0.128. The maximum absolute atomic E-state index is 13.0. The SMILES string of the molecule is CSc1ccc(CN2CC3CCC(C2)N(Cc2ccccn2)C3=O)cc1. The summed E-state index contributed by atoms with van der Waals surface area (Å²) in [7, 11) is 0. The molecule has 5 rings (SSSR count). The van der Waals surface area contributed by atoms with Crippen molar-refractivity contribution < 1.29 is 4.79 Å². The van der Waals surface area contributed by atoms with Crippen molar-refractivity contribution in [1.82, 2.24) is 14.8 Å². The monoisotopic (exact) mass is 367 g/mol. The Bertz CT molecular complexity index is 750. The molecule has 0 aliphatic carbocycles.